The van der Waals surface area contributed by atoms with Crippen molar-refractivity contribution in [2.75, 3.05) is 0 Å². The lowest BCUT2D eigenvalue weighted by atomic mass is 9.88. The van der Waals surface area contributed by atoms with Gasteiger partial charge in [0.1, 0.15) is 10.5 Å². The Morgan fingerprint density at radius 3 is 2.48 bits per heavy atom. The van der Waals surface area contributed by atoms with Gasteiger partial charge in [0.05, 0.1) is 11.3 Å². The number of alkyl halides is 3. The van der Waals surface area contributed by atoms with Gasteiger partial charge in [-0.05, 0) is 46.3 Å². The van der Waals surface area contributed by atoms with Crippen LogP contribution in [0.25, 0.3) is 10.2 Å². The van der Waals surface area contributed by atoms with Crippen LogP contribution in [0.1, 0.15) is 16.9 Å². The first kappa shape index (κ1) is 19.0. The summed E-state index contributed by atoms with van der Waals surface area (Å²) in [7, 11) is 0. The Morgan fingerprint density at radius 1 is 1.11 bits per heavy atom. The van der Waals surface area contributed by atoms with Crippen LogP contribution in [0.15, 0.2) is 46.2 Å². The molecule has 0 saturated heterocycles. The number of aromatic nitrogens is 1. The fourth-order valence-corrected chi connectivity index (χ4v) is 4.71. The van der Waals surface area contributed by atoms with E-state index in [9.17, 15) is 13.2 Å². The molecule has 0 radical (unpaired) electrons. The summed E-state index contributed by atoms with van der Waals surface area (Å²) >= 11 is 16.4. The molecule has 1 unspecified atom stereocenters. The number of hydrogen-bond acceptors (Lipinski definition) is 4. The first-order chi connectivity index (χ1) is 12.7. The fraction of sp³-hybridized carbons (Fsp3) is 0.176. The third-order valence-corrected chi connectivity index (χ3v) is 6.12. The zero-order chi connectivity index (χ0) is 19.4. The van der Waals surface area contributed by atoms with Crippen molar-refractivity contribution in [3.8, 4) is 0 Å². The van der Waals surface area contributed by atoms with Crippen molar-refractivity contribution in [3.63, 3.8) is 0 Å². The number of halogens is 6. The lowest BCUT2D eigenvalue weighted by molar-refractivity contribution is -0.275. The van der Waals surface area contributed by atoms with Gasteiger partial charge in [0.15, 0.2) is 0 Å². The molecular formula is C17H8BrCl2F3N2OS. The van der Waals surface area contributed by atoms with E-state index in [1.54, 1.807) is 12.3 Å². The van der Waals surface area contributed by atoms with Gasteiger partial charge in [-0.2, -0.15) is 13.2 Å². The summed E-state index contributed by atoms with van der Waals surface area (Å²) in [5.74, 6) is 0. The van der Waals surface area contributed by atoms with Gasteiger partial charge in [-0.1, -0.05) is 28.4 Å². The van der Waals surface area contributed by atoms with Crippen LogP contribution in [-0.4, -0.2) is 16.9 Å². The van der Waals surface area contributed by atoms with Crippen molar-refractivity contribution in [3.05, 3.63) is 61.5 Å². The first-order valence-electron chi connectivity index (χ1n) is 7.52. The van der Waals surface area contributed by atoms with E-state index < -0.39 is 18.2 Å². The summed E-state index contributed by atoms with van der Waals surface area (Å²) < 4.78 is 42.8. The Bertz CT molecular complexity index is 1070. The quantitative estimate of drug-likeness (QED) is 0.385. The fourth-order valence-electron chi connectivity index (χ4n) is 2.87. The van der Waals surface area contributed by atoms with Crippen molar-refractivity contribution < 1.29 is 18.0 Å². The number of hydrogen-bond donors (Lipinski definition) is 0. The van der Waals surface area contributed by atoms with E-state index in [0.29, 0.717) is 9.71 Å². The molecule has 0 aliphatic carbocycles. The number of nitrogens with zero attached hydrogens (tertiary/aromatic N) is 2. The van der Waals surface area contributed by atoms with Crippen molar-refractivity contribution in [1.29, 1.82) is 0 Å². The molecule has 0 fully saturated rings. The molecule has 4 rings (SSSR count). The molecule has 1 atom stereocenters. The second-order valence-electron chi connectivity index (χ2n) is 5.95. The number of fused-ring (bicyclic) bond motifs is 1. The molecular weight excluding hydrogens is 488 g/mol. The second-order valence-corrected chi connectivity index (χ2v) is 8.77. The molecule has 0 saturated carbocycles. The minimum absolute atomic E-state index is 0.0917. The molecule has 0 bridgehead atoms. The average molecular weight is 496 g/mol. The zero-order valence-corrected chi connectivity index (χ0v) is 17.1. The van der Waals surface area contributed by atoms with E-state index in [1.807, 2.05) is 6.07 Å². The van der Waals surface area contributed by atoms with Crippen LogP contribution in [0.5, 0.6) is 0 Å². The van der Waals surface area contributed by atoms with Gasteiger partial charge in [-0.15, -0.1) is 11.3 Å². The van der Waals surface area contributed by atoms with Crippen LogP contribution >= 0.6 is 50.5 Å². The summed E-state index contributed by atoms with van der Waals surface area (Å²) in [4.78, 5) is 10.5. The van der Waals surface area contributed by atoms with E-state index >= 15 is 0 Å². The highest BCUT2D eigenvalue weighted by atomic mass is 79.9. The average Bonchev–Trinajstić information content (AvgIpc) is 3.17. The summed E-state index contributed by atoms with van der Waals surface area (Å²) in [6.45, 7) is 0. The molecule has 0 spiro atoms. The van der Waals surface area contributed by atoms with Gasteiger partial charge in [0, 0.05) is 31.7 Å². The normalized spacial score (nSPS) is 20.0. The monoisotopic (exact) mass is 494 g/mol. The molecule has 1 aliphatic rings. The van der Waals surface area contributed by atoms with E-state index in [4.69, 9.17) is 28.0 Å². The van der Waals surface area contributed by atoms with Crippen molar-refractivity contribution in [1.82, 2.24) is 4.98 Å². The molecule has 3 aromatic rings. The summed E-state index contributed by atoms with van der Waals surface area (Å²) in [6, 6.07) is 7.35. The maximum Gasteiger partial charge on any atom is 0.435 e. The standard InChI is InChI=1S/C17H8BrCl2F3N2OS/c18-10-1-8-2-14(27-15(8)24-7-10)13-6-16(26-25-13,17(21,22)23)9-3-11(19)5-12(20)4-9/h1-5,7H,6H2. The lowest BCUT2D eigenvalue weighted by Crippen LogP contribution is -2.42. The summed E-state index contributed by atoms with van der Waals surface area (Å²) in [5.41, 5.74) is -2.63. The first-order valence-corrected chi connectivity index (χ1v) is 9.88. The molecule has 0 amide bonds. The highest BCUT2D eigenvalue weighted by Crippen LogP contribution is 2.50. The van der Waals surface area contributed by atoms with E-state index in [2.05, 4.69) is 26.1 Å². The highest BCUT2D eigenvalue weighted by molar-refractivity contribution is 9.10. The number of benzene rings is 1. The number of rotatable bonds is 2. The molecule has 27 heavy (non-hydrogen) atoms. The maximum atomic E-state index is 14.0. The Hall–Kier alpha value is -1.35. The van der Waals surface area contributed by atoms with Crippen LogP contribution in [0, 0.1) is 0 Å². The lowest BCUT2D eigenvalue weighted by Gasteiger charge is -2.29. The second kappa shape index (κ2) is 6.62. The largest absolute Gasteiger partial charge is 0.435 e. The molecule has 3 heterocycles. The van der Waals surface area contributed by atoms with Gasteiger partial charge in [0.25, 0.3) is 5.60 Å². The van der Waals surface area contributed by atoms with Crippen LogP contribution < -0.4 is 0 Å². The van der Waals surface area contributed by atoms with Crippen molar-refractivity contribution in [2.24, 2.45) is 5.16 Å². The van der Waals surface area contributed by atoms with Crippen molar-refractivity contribution >= 4 is 66.4 Å². The molecule has 0 N–H and O–H groups in total. The molecule has 1 aromatic carbocycles. The van der Waals surface area contributed by atoms with Crippen LogP contribution in [0.2, 0.25) is 10.0 Å². The molecule has 2 aromatic heterocycles. The summed E-state index contributed by atoms with van der Waals surface area (Å²) in [5, 5.41) is 4.75. The number of thiophene rings is 1. The third-order valence-electron chi connectivity index (χ3n) is 4.14. The molecule has 10 heteroatoms. The van der Waals surface area contributed by atoms with Crippen LogP contribution in [-0.2, 0) is 10.4 Å². The maximum absolute atomic E-state index is 14.0. The predicted octanol–water partition coefficient (Wildman–Crippen LogP) is 6.95. The van der Waals surface area contributed by atoms with Crippen LogP contribution in [0.4, 0.5) is 13.2 Å². The SMILES string of the molecule is FC(F)(F)C1(c2cc(Cl)cc(Cl)c2)CC(c2cc3cc(Br)cnc3s2)=NO1. The Morgan fingerprint density at radius 2 is 1.81 bits per heavy atom. The Labute approximate surface area is 173 Å². The predicted molar refractivity (Wildman–Crippen MR) is 104 cm³/mol. The van der Waals surface area contributed by atoms with Gasteiger partial charge >= 0.3 is 6.18 Å². The minimum Gasteiger partial charge on any atom is -0.374 e. The molecule has 3 nitrogen and oxygen atoms in total. The molecule has 1 aliphatic heterocycles. The van der Waals surface area contributed by atoms with Gasteiger partial charge in [-0.25, -0.2) is 4.98 Å². The van der Waals surface area contributed by atoms with Gasteiger partial charge in [0.2, 0.25) is 0 Å². The van der Waals surface area contributed by atoms with E-state index in [0.717, 1.165) is 9.86 Å². The number of pyridine rings is 1. The third kappa shape index (κ3) is 3.33. The minimum atomic E-state index is -4.72. The van der Waals surface area contributed by atoms with Crippen molar-refractivity contribution in [2.45, 2.75) is 18.2 Å². The zero-order valence-electron chi connectivity index (χ0n) is 13.1. The topological polar surface area (TPSA) is 34.5 Å². The van der Waals surface area contributed by atoms with E-state index in [1.165, 1.54) is 29.5 Å². The summed E-state index contributed by atoms with van der Waals surface area (Å²) in [6.07, 6.45) is -3.57. The van der Waals surface area contributed by atoms with Gasteiger partial charge in [-0.3, -0.25) is 0 Å². The smallest absolute Gasteiger partial charge is 0.374 e. The van der Waals surface area contributed by atoms with Gasteiger partial charge < -0.3 is 4.84 Å². The Kier molecular flexibility index (Phi) is 4.65. The molecule has 140 valence electrons. The van der Waals surface area contributed by atoms with Crippen LogP contribution in [0.3, 0.4) is 0 Å². The van der Waals surface area contributed by atoms with E-state index in [-0.39, 0.29) is 21.3 Å². The number of oxime groups is 1. The Balaban J connectivity index is 1.76. The highest BCUT2D eigenvalue weighted by Gasteiger charge is 2.62.